The number of benzene rings is 4. The topological polar surface area (TPSA) is 43.4 Å². The fraction of sp³-hybridized carbons (Fsp3) is 0.133. The van der Waals surface area contributed by atoms with Crippen LogP contribution in [0.25, 0.3) is 6.08 Å². The second-order valence-corrected chi connectivity index (χ2v) is 16.2. The van der Waals surface area contributed by atoms with E-state index in [4.69, 9.17) is 3.97 Å². The summed E-state index contributed by atoms with van der Waals surface area (Å²) in [6.07, 6.45) is -14.0. The molecule has 3 nitrogen and oxygen atoms in total. The molecule has 0 amide bonds. The number of halogens is 9. The van der Waals surface area contributed by atoms with E-state index in [1.54, 1.807) is 18.2 Å². The predicted octanol–water partition coefficient (Wildman–Crippen LogP) is 8.13. The molecule has 4 aromatic carbocycles. The van der Waals surface area contributed by atoms with Gasteiger partial charge in [-0.25, -0.2) is 0 Å². The van der Waals surface area contributed by atoms with Gasteiger partial charge in [0.1, 0.15) is 0 Å². The Morgan fingerprint density at radius 1 is 0.568 bits per heavy atom. The molecule has 0 bridgehead atoms. The molecule has 44 heavy (non-hydrogen) atoms. The van der Waals surface area contributed by atoms with Crippen LogP contribution in [-0.2, 0) is 32.6 Å². The molecule has 0 saturated heterocycles. The van der Waals surface area contributed by atoms with Gasteiger partial charge in [-0.1, -0.05) is 0 Å². The molecular formula is C30H22F9O3PS. The van der Waals surface area contributed by atoms with Gasteiger partial charge in [-0.05, 0) is 0 Å². The molecular weight excluding hydrogens is 642 g/mol. The Labute approximate surface area is 246 Å². The summed E-state index contributed by atoms with van der Waals surface area (Å²) in [5.74, 6) is 0. The Kier molecular flexibility index (Phi) is 8.58. The predicted molar refractivity (Wildman–Crippen MR) is 152 cm³/mol. The van der Waals surface area contributed by atoms with Crippen molar-refractivity contribution in [3.63, 3.8) is 0 Å². The molecule has 0 aliphatic heterocycles. The van der Waals surface area contributed by atoms with Gasteiger partial charge in [0.2, 0.25) is 0 Å². The van der Waals surface area contributed by atoms with Gasteiger partial charge in [0.25, 0.3) is 0 Å². The molecule has 4 aromatic rings. The van der Waals surface area contributed by atoms with Crippen LogP contribution < -0.4 is 15.9 Å². The minimum absolute atomic E-state index is 0.341. The van der Waals surface area contributed by atoms with Crippen LogP contribution in [0.1, 0.15) is 22.3 Å². The van der Waals surface area contributed by atoms with Crippen LogP contribution >= 0.6 is 6.83 Å². The molecule has 0 fully saturated rings. The molecule has 0 heterocycles. The fourth-order valence-corrected chi connectivity index (χ4v) is 11.9. The Bertz CT molecular complexity index is 1650. The van der Waals surface area contributed by atoms with E-state index in [0.29, 0.717) is 47.4 Å². The van der Waals surface area contributed by atoms with Gasteiger partial charge < -0.3 is 0 Å². The quantitative estimate of drug-likeness (QED) is 0.148. The van der Waals surface area contributed by atoms with Crippen LogP contribution in [0.15, 0.2) is 109 Å². The molecule has 0 atom stereocenters. The zero-order valence-electron chi connectivity index (χ0n) is 22.5. The van der Waals surface area contributed by atoms with Gasteiger partial charge >= 0.3 is 247 Å². The second kappa shape index (κ2) is 11.4. The Morgan fingerprint density at radius 3 is 1.27 bits per heavy atom. The van der Waals surface area contributed by atoms with Crippen molar-refractivity contribution < 1.29 is 51.9 Å². The second-order valence-electron chi connectivity index (χ2n) is 9.89. The monoisotopic (exact) mass is 664 g/mol. The average Bonchev–Trinajstić information content (AvgIpc) is 2.95. The first-order chi connectivity index (χ1) is 20.2. The average molecular weight is 665 g/mol. The summed E-state index contributed by atoms with van der Waals surface area (Å²) < 4.78 is 158. The van der Waals surface area contributed by atoms with Crippen molar-refractivity contribution in [3.8, 4) is 0 Å². The van der Waals surface area contributed by atoms with Crippen LogP contribution in [0.3, 0.4) is 0 Å². The summed E-state index contributed by atoms with van der Waals surface area (Å²) in [5.41, 5.74) is -3.64. The van der Waals surface area contributed by atoms with Gasteiger partial charge in [-0.15, -0.1) is 0 Å². The standard InChI is InChI=1S/C30H22F9O3PS/c1-43(25-13-5-10-22(18-25)28(31,32)33,26-14-6-11-23(19-26)29(34,35)36,27-15-7-12-24(20-27)30(37,38)39)42-44(40,41)17-16-21-8-3-2-4-9-21/h2-20H,1H3. The van der Waals surface area contributed by atoms with E-state index in [9.17, 15) is 47.9 Å². The van der Waals surface area contributed by atoms with Crippen molar-refractivity contribution in [2.45, 2.75) is 18.5 Å². The third-order valence-electron chi connectivity index (χ3n) is 6.90. The Morgan fingerprint density at radius 2 is 0.932 bits per heavy atom. The number of alkyl halides is 9. The zero-order chi connectivity index (χ0) is 32.6. The first-order valence-corrected chi connectivity index (χ1v) is 16.6. The van der Waals surface area contributed by atoms with E-state index >= 15 is 0 Å². The summed E-state index contributed by atoms with van der Waals surface area (Å²) in [6, 6.07) is 16.7. The number of hydrogen-bond acceptors (Lipinski definition) is 3. The van der Waals surface area contributed by atoms with Crippen LogP contribution in [0, 0.1) is 0 Å². The van der Waals surface area contributed by atoms with Crippen LogP contribution in [0.2, 0.25) is 0 Å². The molecule has 0 saturated carbocycles. The molecule has 234 valence electrons. The maximum absolute atomic E-state index is 13.9. The summed E-state index contributed by atoms with van der Waals surface area (Å²) in [4.78, 5) is 0. The van der Waals surface area contributed by atoms with Crippen molar-refractivity contribution >= 4 is 38.9 Å². The third kappa shape index (κ3) is 6.69. The van der Waals surface area contributed by atoms with Crippen molar-refractivity contribution in [1.82, 2.24) is 0 Å². The summed E-state index contributed by atoms with van der Waals surface area (Å²) in [5, 5.41) is -1.20. The molecule has 0 aliphatic carbocycles. The molecule has 0 N–H and O–H groups in total. The Hall–Kier alpha value is -3.67. The van der Waals surface area contributed by atoms with Crippen molar-refractivity contribution in [3.05, 3.63) is 131 Å². The van der Waals surface area contributed by atoms with Gasteiger partial charge in [0.05, 0.1) is 0 Å². The Balaban J connectivity index is 2.18. The van der Waals surface area contributed by atoms with E-state index in [1.807, 2.05) is 0 Å². The van der Waals surface area contributed by atoms with E-state index in [0.717, 1.165) is 49.1 Å². The van der Waals surface area contributed by atoms with Crippen molar-refractivity contribution in [2.24, 2.45) is 0 Å². The van der Waals surface area contributed by atoms with Crippen LogP contribution in [0.4, 0.5) is 39.5 Å². The zero-order valence-corrected chi connectivity index (χ0v) is 24.2. The molecule has 0 aliphatic rings. The van der Waals surface area contributed by atoms with Crippen molar-refractivity contribution in [2.75, 3.05) is 6.66 Å². The molecule has 0 aromatic heterocycles. The third-order valence-corrected chi connectivity index (χ3v) is 14.3. The number of hydrogen-bond donors (Lipinski definition) is 0. The first kappa shape index (κ1) is 33.2. The van der Waals surface area contributed by atoms with Gasteiger partial charge in [-0.2, -0.15) is 0 Å². The molecule has 0 spiro atoms. The maximum atomic E-state index is 13.9. The van der Waals surface area contributed by atoms with E-state index in [1.165, 1.54) is 12.1 Å². The van der Waals surface area contributed by atoms with Crippen LogP contribution in [-0.4, -0.2) is 15.1 Å². The number of rotatable bonds is 7. The fourth-order valence-electron chi connectivity index (χ4n) is 4.64. The molecule has 0 unspecified atom stereocenters. The minimum atomic E-state index is -5.71. The molecule has 4 rings (SSSR count). The summed E-state index contributed by atoms with van der Waals surface area (Å²) in [7, 11) is -5.05. The van der Waals surface area contributed by atoms with E-state index in [2.05, 4.69) is 0 Å². The summed E-state index contributed by atoms with van der Waals surface area (Å²) in [6.45, 7) is -4.75. The van der Waals surface area contributed by atoms with E-state index < -0.39 is 68.1 Å². The molecule has 0 radical (unpaired) electrons. The molecule has 14 heteroatoms. The van der Waals surface area contributed by atoms with E-state index in [-0.39, 0.29) is 0 Å². The SMILES string of the molecule is CP(OS(=O)(=O)C=Cc1ccccc1)(c1cccc(C(F)(F)F)c1)(c1cccc(C(F)(F)F)c1)c1cccc(C(F)(F)F)c1. The summed E-state index contributed by atoms with van der Waals surface area (Å²) >= 11 is 0. The van der Waals surface area contributed by atoms with Crippen LogP contribution in [0.5, 0.6) is 0 Å². The van der Waals surface area contributed by atoms with Gasteiger partial charge in [0, 0.05) is 0 Å². The van der Waals surface area contributed by atoms with Crippen molar-refractivity contribution in [1.29, 1.82) is 0 Å². The van der Waals surface area contributed by atoms with Gasteiger partial charge in [0.15, 0.2) is 0 Å². The van der Waals surface area contributed by atoms with Gasteiger partial charge in [-0.3, -0.25) is 0 Å². The first-order valence-electron chi connectivity index (χ1n) is 12.5. The normalized spacial score (nSPS) is 14.4.